The van der Waals surface area contributed by atoms with Gasteiger partial charge in [-0.15, -0.1) is 11.8 Å². The predicted octanol–water partition coefficient (Wildman–Crippen LogP) is 3.99. The van der Waals surface area contributed by atoms with Gasteiger partial charge in [0.25, 0.3) is 5.91 Å². The van der Waals surface area contributed by atoms with Crippen LogP contribution in [0.1, 0.15) is 10.5 Å². The minimum Gasteiger partial charge on any atom is -0.493 e. The molecule has 0 atom stereocenters. The Morgan fingerprint density at radius 3 is 2.60 bits per heavy atom. The number of thioether (sulfide) groups is 1. The van der Waals surface area contributed by atoms with Crippen molar-refractivity contribution >= 4 is 23.4 Å². The number of rotatable bonds is 5. The molecule has 1 heterocycles. The monoisotopic (exact) mass is 357 g/mol. The van der Waals surface area contributed by atoms with E-state index >= 15 is 0 Å². The number of ether oxygens (including phenoxy) is 1. The summed E-state index contributed by atoms with van der Waals surface area (Å²) in [7, 11) is 1.47. The number of carbonyl (C=O) groups is 1. The third-order valence-electron chi connectivity index (χ3n) is 3.56. The SMILES string of the molecule is COc1cn(-c2ccc(F)cc2)nc1C(=O)Nc1ccccc1SC. The summed E-state index contributed by atoms with van der Waals surface area (Å²) in [6, 6.07) is 13.3. The lowest BCUT2D eigenvalue weighted by molar-refractivity contribution is 0.101. The molecule has 0 saturated carbocycles. The molecule has 1 amide bonds. The number of para-hydroxylation sites is 1. The van der Waals surface area contributed by atoms with Crippen molar-refractivity contribution < 1.29 is 13.9 Å². The zero-order valence-corrected chi connectivity index (χ0v) is 14.5. The van der Waals surface area contributed by atoms with E-state index in [1.807, 2.05) is 30.5 Å². The van der Waals surface area contributed by atoms with E-state index in [9.17, 15) is 9.18 Å². The van der Waals surface area contributed by atoms with Gasteiger partial charge in [-0.25, -0.2) is 9.07 Å². The molecular formula is C18H16FN3O2S. The zero-order valence-electron chi connectivity index (χ0n) is 13.7. The van der Waals surface area contributed by atoms with E-state index in [-0.39, 0.29) is 17.4 Å². The van der Waals surface area contributed by atoms with Gasteiger partial charge in [0, 0.05) is 4.90 Å². The summed E-state index contributed by atoms with van der Waals surface area (Å²) in [5.41, 5.74) is 1.49. The Labute approximate surface area is 148 Å². The first kappa shape index (κ1) is 17.0. The molecule has 0 aliphatic rings. The first-order valence-electron chi connectivity index (χ1n) is 7.46. The van der Waals surface area contributed by atoms with Crippen molar-refractivity contribution in [3.8, 4) is 11.4 Å². The average molecular weight is 357 g/mol. The lowest BCUT2D eigenvalue weighted by Crippen LogP contribution is -2.14. The van der Waals surface area contributed by atoms with E-state index in [0.29, 0.717) is 17.1 Å². The Morgan fingerprint density at radius 1 is 1.20 bits per heavy atom. The second-order valence-corrected chi connectivity index (χ2v) is 5.97. The number of nitrogens with one attached hydrogen (secondary N) is 1. The fourth-order valence-electron chi connectivity index (χ4n) is 2.32. The van der Waals surface area contributed by atoms with Crippen molar-refractivity contribution in [3.63, 3.8) is 0 Å². The minimum atomic E-state index is -0.376. The highest BCUT2D eigenvalue weighted by atomic mass is 32.2. The molecule has 3 rings (SSSR count). The van der Waals surface area contributed by atoms with Crippen LogP contribution in [0.5, 0.6) is 5.75 Å². The van der Waals surface area contributed by atoms with Crippen LogP contribution in [-0.2, 0) is 0 Å². The van der Waals surface area contributed by atoms with Crippen LogP contribution < -0.4 is 10.1 Å². The highest BCUT2D eigenvalue weighted by molar-refractivity contribution is 7.98. The molecule has 7 heteroatoms. The Morgan fingerprint density at radius 2 is 1.92 bits per heavy atom. The molecule has 25 heavy (non-hydrogen) atoms. The molecule has 128 valence electrons. The number of amides is 1. The predicted molar refractivity (Wildman–Crippen MR) is 96.3 cm³/mol. The maximum Gasteiger partial charge on any atom is 0.280 e. The molecular weight excluding hydrogens is 341 g/mol. The summed E-state index contributed by atoms with van der Waals surface area (Å²) >= 11 is 1.54. The molecule has 0 saturated heterocycles. The van der Waals surface area contributed by atoms with Gasteiger partial charge in [-0.3, -0.25) is 4.79 Å². The molecule has 0 spiro atoms. The number of hydrogen-bond acceptors (Lipinski definition) is 4. The van der Waals surface area contributed by atoms with Gasteiger partial charge in [0.1, 0.15) is 5.82 Å². The summed E-state index contributed by atoms with van der Waals surface area (Å²) < 4.78 is 19.8. The van der Waals surface area contributed by atoms with Crippen LogP contribution in [0.15, 0.2) is 59.6 Å². The topological polar surface area (TPSA) is 56.2 Å². The van der Waals surface area contributed by atoms with E-state index in [2.05, 4.69) is 10.4 Å². The van der Waals surface area contributed by atoms with E-state index in [4.69, 9.17) is 4.74 Å². The number of halogens is 1. The van der Waals surface area contributed by atoms with Crippen LogP contribution in [0.4, 0.5) is 10.1 Å². The normalized spacial score (nSPS) is 10.5. The van der Waals surface area contributed by atoms with Gasteiger partial charge < -0.3 is 10.1 Å². The van der Waals surface area contributed by atoms with Crippen molar-refractivity contribution in [1.29, 1.82) is 0 Å². The fraction of sp³-hybridized carbons (Fsp3) is 0.111. The van der Waals surface area contributed by atoms with Crippen molar-refractivity contribution in [2.75, 3.05) is 18.7 Å². The second kappa shape index (κ2) is 7.40. The van der Waals surface area contributed by atoms with Gasteiger partial charge in [0.2, 0.25) is 0 Å². The van der Waals surface area contributed by atoms with E-state index in [1.54, 1.807) is 18.3 Å². The third-order valence-corrected chi connectivity index (χ3v) is 4.36. The van der Waals surface area contributed by atoms with Gasteiger partial charge in [0.05, 0.1) is 24.7 Å². The molecule has 0 fully saturated rings. The first-order valence-corrected chi connectivity index (χ1v) is 8.69. The Bertz CT molecular complexity index is 894. The number of benzene rings is 2. The van der Waals surface area contributed by atoms with Crippen molar-refractivity contribution in [3.05, 3.63) is 66.2 Å². The molecule has 0 radical (unpaired) electrons. The second-order valence-electron chi connectivity index (χ2n) is 5.12. The maximum absolute atomic E-state index is 13.1. The summed E-state index contributed by atoms with van der Waals surface area (Å²) in [4.78, 5) is 13.6. The van der Waals surface area contributed by atoms with Crippen LogP contribution in [-0.4, -0.2) is 29.1 Å². The van der Waals surface area contributed by atoms with Gasteiger partial charge in [-0.1, -0.05) is 12.1 Å². The van der Waals surface area contributed by atoms with Crippen LogP contribution >= 0.6 is 11.8 Å². The van der Waals surface area contributed by atoms with E-state index in [1.165, 1.54) is 35.7 Å². The summed E-state index contributed by atoms with van der Waals surface area (Å²) in [5.74, 6) is -0.378. The van der Waals surface area contributed by atoms with Crippen molar-refractivity contribution in [2.24, 2.45) is 0 Å². The molecule has 1 aromatic heterocycles. The summed E-state index contributed by atoms with van der Waals surface area (Å²) in [6.45, 7) is 0. The molecule has 0 aliphatic heterocycles. The number of carbonyl (C=O) groups excluding carboxylic acids is 1. The Hall–Kier alpha value is -2.80. The lowest BCUT2D eigenvalue weighted by atomic mass is 10.3. The molecule has 3 aromatic rings. The highest BCUT2D eigenvalue weighted by Gasteiger charge is 2.19. The van der Waals surface area contributed by atoms with Crippen LogP contribution in [0.2, 0.25) is 0 Å². The van der Waals surface area contributed by atoms with E-state index in [0.717, 1.165) is 4.90 Å². The average Bonchev–Trinajstić information content (AvgIpc) is 3.07. The minimum absolute atomic E-state index is 0.155. The van der Waals surface area contributed by atoms with Gasteiger partial charge in [-0.05, 0) is 42.7 Å². The Balaban J connectivity index is 1.91. The van der Waals surface area contributed by atoms with Crippen LogP contribution in [0.3, 0.4) is 0 Å². The number of nitrogens with zero attached hydrogens (tertiary/aromatic N) is 2. The van der Waals surface area contributed by atoms with Crippen LogP contribution in [0.25, 0.3) is 5.69 Å². The standard InChI is InChI=1S/C18H16FN3O2S/c1-24-15-11-22(13-9-7-12(19)8-10-13)21-17(15)18(23)20-14-5-3-4-6-16(14)25-2/h3-11H,1-2H3,(H,20,23). The largest absolute Gasteiger partial charge is 0.493 e. The zero-order chi connectivity index (χ0) is 17.8. The number of anilines is 1. The summed E-state index contributed by atoms with van der Waals surface area (Å²) in [6.07, 6.45) is 3.53. The molecule has 0 unspecified atom stereocenters. The lowest BCUT2D eigenvalue weighted by Gasteiger charge is -2.08. The number of methoxy groups -OCH3 is 1. The molecule has 0 bridgehead atoms. The Kier molecular flexibility index (Phi) is 5.04. The highest BCUT2D eigenvalue weighted by Crippen LogP contribution is 2.26. The smallest absolute Gasteiger partial charge is 0.280 e. The molecule has 1 N–H and O–H groups in total. The van der Waals surface area contributed by atoms with Crippen molar-refractivity contribution in [1.82, 2.24) is 9.78 Å². The van der Waals surface area contributed by atoms with Gasteiger partial charge in [0.15, 0.2) is 11.4 Å². The molecule has 0 aliphatic carbocycles. The molecule has 5 nitrogen and oxygen atoms in total. The number of hydrogen-bond donors (Lipinski definition) is 1. The number of aromatic nitrogens is 2. The molecule has 2 aromatic carbocycles. The quantitative estimate of drug-likeness (QED) is 0.702. The summed E-state index contributed by atoms with van der Waals surface area (Å²) in [5, 5.41) is 7.13. The van der Waals surface area contributed by atoms with Crippen LogP contribution in [0, 0.1) is 5.82 Å². The third kappa shape index (κ3) is 3.66. The van der Waals surface area contributed by atoms with Crippen molar-refractivity contribution in [2.45, 2.75) is 4.90 Å². The van der Waals surface area contributed by atoms with Gasteiger partial charge in [-0.2, -0.15) is 5.10 Å². The first-order chi connectivity index (χ1) is 12.1. The van der Waals surface area contributed by atoms with Gasteiger partial charge >= 0.3 is 0 Å². The fourth-order valence-corrected chi connectivity index (χ4v) is 2.87. The maximum atomic E-state index is 13.1. The van der Waals surface area contributed by atoms with E-state index < -0.39 is 0 Å².